The van der Waals surface area contributed by atoms with Gasteiger partial charge in [-0.25, -0.2) is 0 Å². The Balaban J connectivity index is 2.76. The van der Waals surface area contributed by atoms with Crippen LogP contribution in [0.1, 0.15) is 18.9 Å². The van der Waals surface area contributed by atoms with Gasteiger partial charge in [-0.1, -0.05) is 31.2 Å². The third-order valence-corrected chi connectivity index (χ3v) is 3.45. The zero-order valence-electron chi connectivity index (χ0n) is 10.9. The molecule has 1 aromatic heterocycles. The van der Waals surface area contributed by atoms with Gasteiger partial charge in [-0.2, -0.15) is 13.2 Å². The molecule has 2 atom stereocenters. The van der Waals surface area contributed by atoms with Crippen LogP contribution in [-0.2, 0) is 5.60 Å². The first-order valence-electron chi connectivity index (χ1n) is 6.21. The van der Waals surface area contributed by atoms with Crippen LogP contribution in [0.2, 0.25) is 0 Å². The monoisotopic (exact) mass is 284 g/mol. The zero-order chi connectivity index (χ0) is 15.0. The van der Waals surface area contributed by atoms with Gasteiger partial charge in [0.15, 0.2) is 0 Å². The van der Waals surface area contributed by atoms with Crippen molar-refractivity contribution in [1.82, 2.24) is 4.98 Å². The van der Waals surface area contributed by atoms with Gasteiger partial charge in [0.1, 0.15) is 0 Å². The number of aromatic nitrogens is 1. The molecule has 0 spiro atoms. The van der Waals surface area contributed by atoms with E-state index in [0.29, 0.717) is 5.39 Å². The van der Waals surface area contributed by atoms with Crippen LogP contribution in [0.15, 0.2) is 36.5 Å². The van der Waals surface area contributed by atoms with Crippen LogP contribution < -0.4 is 5.73 Å². The number of hydrogen-bond donors (Lipinski definition) is 2. The summed E-state index contributed by atoms with van der Waals surface area (Å²) < 4.78 is 40.2. The third kappa shape index (κ3) is 2.14. The van der Waals surface area contributed by atoms with E-state index in [1.54, 1.807) is 18.2 Å². The molecule has 0 saturated carbocycles. The number of nitrogens with two attached hydrogens (primary N) is 1. The summed E-state index contributed by atoms with van der Waals surface area (Å²) in [6.45, 7) is 1.50. The number of para-hydroxylation sites is 1. The fraction of sp³-hybridized carbons (Fsp3) is 0.357. The predicted molar refractivity (Wildman–Crippen MR) is 70.0 cm³/mol. The van der Waals surface area contributed by atoms with Gasteiger partial charge in [-0.05, 0) is 12.5 Å². The average molecular weight is 284 g/mol. The summed E-state index contributed by atoms with van der Waals surface area (Å²) in [5.41, 5.74) is 2.25. The lowest BCUT2D eigenvalue weighted by Crippen LogP contribution is -2.55. The molecular formula is C14H15F3N2O. The number of aliphatic hydroxyl groups is 1. The largest absolute Gasteiger partial charge is 0.423 e. The van der Waals surface area contributed by atoms with Gasteiger partial charge in [0.2, 0.25) is 5.60 Å². The highest BCUT2D eigenvalue weighted by atomic mass is 19.4. The number of halogens is 3. The smallest absolute Gasteiger partial charge is 0.375 e. The second kappa shape index (κ2) is 5.03. The summed E-state index contributed by atoms with van der Waals surface area (Å²) in [4.78, 5) is 3.96. The van der Waals surface area contributed by atoms with Crippen molar-refractivity contribution in [3.63, 3.8) is 0 Å². The molecule has 1 aromatic carbocycles. The lowest BCUT2D eigenvalue weighted by Gasteiger charge is -2.36. The molecule has 0 aliphatic rings. The summed E-state index contributed by atoms with van der Waals surface area (Å²) in [5, 5.41) is 10.8. The highest BCUT2D eigenvalue weighted by Gasteiger charge is 2.59. The standard InChI is InChI=1S/C14H15F3N2O/c1-2-11(18)13(20,14(15,16)17)10-7-3-5-9-6-4-8-19-12(9)10/h3-8,11,20H,2,18H2,1H3. The zero-order valence-corrected chi connectivity index (χ0v) is 10.9. The van der Waals surface area contributed by atoms with E-state index in [0.717, 1.165) is 0 Å². The van der Waals surface area contributed by atoms with E-state index < -0.39 is 17.8 Å². The maximum atomic E-state index is 13.4. The van der Waals surface area contributed by atoms with E-state index in [1.807, 2.05) is 0 Å². The maximum absolute atomic E-state index is 13.4. The number of rotatable bonds is 3. The molecule has 3 nitrogen and oxygen atoms in total. The Hall–Kier alpha value is -1.66. The van der Waals surface area contributed by atoms with E-state index in [9.17, 15) is 18.3 Å². The van der Waals surface area contributed by atoms with Crippen LogP contribution in [0.3, 0.4) is 0 Å². The summed E-state index contributed by atoms with van der Waals surface area (Å²) >= 11 is 0. The quantitative estimate of drug-likeness (QED) is 0.911. The van der Waals surface area contributed by atoms with Crippen molar-refractivity contribution in [2.45, 2.75) is 31.2 Å². The normalized spacial score (nSPS) is 16.9. The number of fused-ring (bicyclic) bond motifs is 1. The van der Waals surface area contributed by atoms with Gasteiger partial charge in [0.25, 0.3) is 0 Å². The Bertz CT molecular complexity index is 609. The van der Waals surface area contributed by atoms with Crippen molar-refractivity contribution in [2.24, 2.45) is 5.73 Å². The molecule has 0 bridgehead atoms. The summed E-state index contributed by atoms with van der Waals surface area (Å²) in [6, 6.07) is 6.12. The fourth-order valence-corrected chi connectivity index (χ4v) is 2.27. The van der Waals surface area contributed by atoms with Crippen LogP contribution >= 0.6 is 0 Å². The molecule has 2 aromatic rings. The van der Waals surface area contributed by atoms with Crippen LogP contribution in [0.5, 0.6) is 0 Å². The first-order valence-corrected chi connectivity index (χ1v) is 6.21. The van der Waals surface area contributed by atoms with Crippen molar-refractivity contribution in [2.75, 3.05) is 0 Å². The van der Waals surface area contributed by atoms with Crippen LogP contribution in [0, 0.1) is 0 Å². The van der Waals surface area contributed by atoms with Crippen molar-refractivity contribution in [1.29, 1.82) is 0 Å². The van der Waals surface area contributed by atoms with Gasteiger partial charge < -0.3 is 10.8 Å². The fourth-order valence-electron chi connectivity index (χ4n) is 2.27. The van der Waals surface area contributed by atoms with E-state index >= 15 is 0 Å². The van der Waals surface area contributed by atoms with Crippen molar-refractivity contribution >= 4 is 10.9 Å². The minimum Gasteiger partial charge on any atom is -0.375 e. The Morgan fingerprint density at radius 3 is 2.50 bits per heavy atom. The van der Waals surface area contributed by atoms with E-state index in [4.69, 9.17) is 5.73 Å². The summed E-state index contributed by atoms with van der Waals surface area (Å²) in [5.74, 6) is 0. The molecule has 6 heteroatoms. The third-order valence-electron chi connectivity index (χ3n) is 3.45. The lowest BCUT2D eigenvalue weighted by atomic mass is 9.83. The molecule has 20 heavy (non-hydrogen) atoms. The Kier molecular flexibility index (Phi) is 3.71. The van der Waals surface area contributed by atoms with E-state index in [-0.39, 0.29) is 17.5 Å². The Morgan fingerprint density at radius 2 is 1.90 bits per heavy atom. The lowest BCUT2D eigenvalue weighted by molar-refractivity contribution is -0.274. The summed E-state index contributed by atoms with van der Waals surface area (Å²) in [6.07, 6.45) is -3.51. The molecular weight excluding hydrogens is 269 g/mol. The second-order valence-corrected chi connectivity index (χ2v) is 4.66. The Morgan fingerprint density at radius 1 is 1.25 bits per heavy atom. The van der Waals surface area contributed by atoms with Gasteiger partial charge >= 0.3 is 6.18 Å². The molecule has 3 N–H and O–H groups in total. The van der Waals surface area contributed by atoms with Crippen molar-refractivity contribution in [3.8, 4) is 0 Å². The van der Waals surface area contributed by atoms with E-state index in [1.165, 1.54) is 25.3 Å². The molecule has 1 heterocycles. The molecule has 0 saturated heterocycles. The van der Waals surface area contributed by atoms with Crippen LogP contribution in [-0.4, -0.2) is 22.3 Å². The topological polar surface area (TPSA) is 59.1 Å². The average Bonchev–Trinajstić information content (AvgIpc) is 2.43. The minimum atomic E-state index is -4.88. The second-order valence-electron chi connectivity index (χ2n) is 4.66. The van der Waals surface area contributed by atoms with Crippen LogP contribution in [0.25, 0.3) is 10.9 Å². The maximum Gasteiger partial charge on any atom is 0.423 e. The number of alkyl halides is 3. The molecule has 0 aliphatic carbocycles. The van der Waals surface area contributed by atoms with Gasteiger partial charge in [-0.3, -0.25) is 4.98 Å². The van der Waals surface area contributed by atoms with Gasteiger partial charge in [0, 0.05) is 23.2 Å². The molecule has 0 radical (unpaired) electrons. The summed E-state index contributed by atoms with van der Waals surface area (Å²) in [7, 11) is 0. The first-order chi connectivity index (χ1) is 9.32. The van der Waals surface area contributed by atoms with Gasteiger partial charge in [0.05, 0.1) is 5.52 Å². The number of nitrogens with zero attached hydrogens (tertiary/aromatic N) is 1. The van der Waals surface area contributed by atoms with Gasteiger partial charge in [-0.15, -0.1) is 0 Å². The predicted octanol–water partition coefficient (Wildman–Crippen LogP) is 2.72. The molecule has 0 aliphatic heterocycles. The highest BCUT2D eigenvalue weighted by molar-refractivity contribution is 5.82. The molecule has 108 valence electrons. The number of hydrogen-bond acceptors (Lipinski definition) is 3. The highest BCUT2D eigenvalue weighted by Crippen LogP contribution is 2.43. The molecule has 2 unspecified atom stereocenters. The van der Waals surface area contributed by atoms with Crippen molar-refractivity contribution < 1.29 is 18.3 Å². The molecule has 0 amide bonds. The number of benzene rings is 1. The van der Waals surface area contributed by atoms with E-state index in [2.05, 4.69) is 4.98 Å². The first kappa shape index (κ1) is 14.7. The van der Waals surface area contributed by atoms with Crippen LogP contribution in [0.4, 0.5) is 13.2 Å². The van der Waals surface area contributed by atoms with Crippen molar-refractivity contribution in [3.05, 3.63) is 42.1 Å². The SMILES string of the molecule is CCC(N)C(O)(c1cccc2cccnc12)C(F)(F)F. The Labute approximate surface area is 114 Å². The molecule has 2 rings (SSSR count). The molecule has 0 fully saturated rings. The number of pyridine rings is 1. The minimum absolute atomic E-state index is 0.0147.